The van der Waals surface area contributed by atoms with E-state index in [1.54, 1.807) is 0 Å². The van der Waals surface area contributed by atoms with Gasteiger partial charge >= 0.3 is 0 Å². The molecule has 8 heteroatoms. The molecule has 0 atom stereocenters. The number of alkyl halides is 2. The van der Waals surface area contributed by atoms with Crippen molar-refractivity contribution in [3.8, 4) is 0 Å². The molecule has 0 N–H and O–H groups in total. The van der Waals surface area contributed by atoms with Crippen molar-refractivity contribution in [1.82, 2.24) is 0 Å². The summed E-state index contributed by atoms with van der Waals surface area (Å²) in [6.07, 6.45) is 0. The third-order valence-electron chi connectivity index (χ3n) is 1.16. The van der Waals surface area contributed by atoms with Crippen LogP contribution < -0.4 is 0 Å². The molecule has 0 unspecified atom stereocenters. The van der Waals surface area contributed by atoms with E-state index < -0.39 is 33.6 Å². The van der Waals surface area contributed by atoms with Gasteiger partial charge < -0.3 is 0 Å². The summed E-state index contributed by atoms with van der Waals surface area (Å²) in [5.41, 5.74) is 0. The number of rotatable bonds is 0. The predicted octanol–water partition coefficient (Wildman–Crippen LogP) is 5.27. The van der Waals surface area contributed by atoms with Crippen LogP contribution in [0.4, 0.5) is 22.0 Å². The molecule has 0 aliphatic heterocycles. The lowest BCUT2D eigenvalue weighted by molar-refractivity contribution is 0.374. The van der Waals surface area contributed by atoms with E-state index in [0.29, 0.717) is 3.74 Å². The van der Waals surface area contributed by atoms with Crippen LogP contribution in [0.3, 0.4) is 0 Å². The Morgan fingerprint density at radius 1 is 0.750 bits per heavy atom. The van der Waals surface area contributed by atoms with Crippen molar-refractivity contribution in [3.05, 3.63) is 33.6 Å². The Balaban J connectivity index is 0.000000487. The first-order chi connectivity index (χ1) is 7.20. The van der Waals surface area contributed by atoms with Gasteiger partial charge in [-0.3, -0.25) is 0 Å². The molecule has 16 heavy (non-hydrogen) atoms. The minimum absolute atomic E-state index is 0.458. The first-order valence-electron chi connectivity index (χ1n) is 3.65. The average molecular weight is 435 g/mol. The largest absolute Gasteiger partial charge is 0.202 e. The van der Waals surface area contributed by atoms with Crippen LogP contribution in [-0.4, -0.2) is 3.74 Å². The summed E-state index contributed by atoms with van der Waals surface area (Å²) in [5, 5.41) is 0. The van der Waals surface area contributed by atoms with Gasteiger partial charge in [0.05, 0.1) is 8.21 Å². The van der Waals surface area contributed by atoms with Crippen molar-refractivity contribution in [3.63, 3.8) is 0 Å². The third-order valence-corrected chi connectivity index (χ3v) is 1.85. The molecular formula is C8H4Br3F5. The van der Waals surface area contributed by atoms with Crippen molar-refractivity contribution in [2.75, 3.05) is 0 Å². The monoisotopic (exact) mass is 432 g/mol. The molecule has 0 aromatic heterocycles. The molecule has 0 nitrogen and oxygen atoms in total. The smallest absolute Gasteiger partial charge is 0.200 e. The highest BCUT2D eigenvalue weighted by atomic mass is 79.9. The van der Waals surface area contributed by atoms with Crippen molar-refractivity contribution in [2.24, 2.45) is 0 Å². The maximum absolute atomic E-state index is 12.4. The summed E-state index contributed by atoms with van der Waals surface area (Å²) in [6, 6.07) is 0. The molecule has 92 valence electrons. The van der Waals surface area contributed by atoms with Gasteiger partial charge in [0.25, 0.3) is 0 Å². The van der Waals surface area contributed by atoms with E-state index in [-0.39, 0.29) is 0 Å². The van der Waals surface area contributed by atoms with Crippen LogP contribution in [0.5, 0.6) is 0 Å². The van der Waals surface area contributed by atoms with Crippen LogP contribution in [-0.2, 0) is 0 Å². The lowest BCUT2D eigenvalue weighted by Gasteiger charge is -2.00. The highest BCUT2D eigenvalue weighted by Crippen LogP contribution is 2.26. The molecule has 0 amide bonds. The topological polar surface area (TPSA) is 0 Å². The normalized spacial score (nSPS) is 10.1. The van der Waals surface area contributed by atoms with E-state index >= 15 is 0 Å². The Morgan fingerprint density at radius 2 is 0.938 bits per heavy atom. The number of halogens is 8. The van der Waals surface area contributed by atoms with Crippen molar-refractivity contribution in [2.45, 2.75) is 10.7 Å². The molecule has 0 bridgehead atoms. The molecule has 0 heterocycles. The van der Waals surface area contributed by atoms with Crippen molar-refractivity contribution in [1.29, 1.82) is 0 Å². The fourth-order valence-electron chi connectivity index (χ4n) is 0.578. The minimum atomic E-state index is -2.16. The lowest BCUT2D eigenvalue weighted by atomic mass is 10.3. The van der Waals surface area contributed by atoms with E-state index in [1.165, 1.54) is 0 Å². The fraction of sp³-hybridized carbons (Fsp3) is 0.250. The van der Waals surface area contributed by atoms with Crippen molar-refractivity contribution >= 4 is 47.8 Å². The molecule has 0 radical (unpaired) electrons. The summed E-state index contributed by atoms with van der Waals surface area (Å²) in [4.78, 5) is 0. The van der Waals surface area contributed by atoms with Crippen LogP contribution in [0, 0.1) is 29.1 Å². The number of hydrogen-bond donors (Lipinski definition) is 0. The van der Waals surface area contributed by atoms with Gasteiger partial charge in [0.1, 0.15) is 0 Å². The van der Waals surface area contributed by atoms with E-state index in [9.17, 15) is 22.0 Å². The van der Waals surface area contributed by atoms with Gasteiger partial charge in [0.15, 0.2) is 23.3 Å². The van der Waals surface area contributed by atoms with E-state index in [2.05, 4.69) is 47.8 Å². The van der Waals surface area contributed by atoms with Crippen molar-refractivity contribution < 1.29 is 22.0 Å². The molecule has 0 saturated heterocycles. The first kappa shape index (κ1) is 16.3. The molecule has 0 spiro atoms. The average Bonchev–Trinajstić information content (AvgIpc) is 2.20. The number of hydrogen-bond acceptors (Lipinski definition) is 0. The van der Waals surface area contributed by atoms with Gasteiger partial charge in [-0.1, -0.05) is 31.9 Å². The Bertz CT molecular complexity index is 273. The maximum Gasteiger partial charge on any atom is 0.200 e. The Morgan fingerprint density at radius 3 is 1.19 bits per heavy atom. The van der Waals surface area contributed by atoms with Crippen LogP contribution in [0.15, 0.2) is 4.47 Å². The SMILES string of the molecule is CC(Br)Br.Fc1c(F)c(F)c(Br)c(F)c1F. The summed E-state index contributed by atoms with van der Waals surface area (Å²) < 4.78 is 60.8. The molecule has 0 saturated carbocycles. The molecule has 1 aromatic rings. The zero-order valence-corrected chi connectivity index (χ0v) is 12.4. The quantitative estimate of drug-likeness (QED) is 0.226. The van der Waals surface area contributed by atoms with Crippen LogP contribution >= 0.6 is 47.8 Å². The molecular weight excluding hydrogens is 431 g/mol. The second-order valence-corrected chi connectivity index (χ2v) is 7.17. The van der Waals surface area contributed by atoms with Gasteiger partial charge in [-0.2, -0.15) is 0 Å². The Kier molecular flexibility index (Phi) is 7.04. The number of benzene rings is 1. The molecule has 1 aromatic carbocycles. The molecule has 0 fully saturated rings. The van der Waals surface area contributed by atoms with Crippen LogP contribution in [0.2, 0.25) is 0 Å². The van der Waals surface area contributed by atoms with E-state index in [4.69, 9.17) is 0 Å². The summed E-state index contributed by atoms with van der Waals surface area (Å²) in [5.74, 6) is -9.81. The zero-order valence-electron chi connectivity index (χ0n) is 7.60. The summed E-state index contributed by atoms with van der Waals surface area (Å²) in [6.45, 7) is 2.00. The van der Waals surface area contributed by atoms with Gasteiger partial charge in [0, 0.05) is 0 Å². The third kappa shape index (κ3) is 4.29. The predicted molar refractivity (Wildman–Crippen MR) is 61.2 cm³/mol. The van der Waals surface area contributed by atoms with E-state index in [1.807, 2.05) is 6.92 Å². The maximum atomic E-state index is 12.4. The lowest BCUT2D eigenvalue weighted by Crippen LogP contribution is -2.01. The Labute approximate surface area is 114 Å². The van der Waals surface area contributed by atoms with Gasteiger partial charge in [-0.15, -0.1) is 0 Å². The first-order valence-corrected chi connectivity index (χ1v) is 6.27. The fourth-order valence-corrected chi connectivity index (χ4v) is 0.926. The second-order valence-electron chi connectivity index (χ2n) is 2.40. The Hall–Kier alpha value is 0.310. The summed E-state index contributed by atoms with van der Waals surface area (Å²) in [7, 11) is 0. The molecule has 0 aliphatic rings. The summed E-state index contributed by atoms with van der Waals surface area (Å²) >= 11 is 8.59. The second kappa shape index (κ2) is 6.90. The van der Waals surface area contributed by atoms with Gasteiger partial charge in [0.2, 0.25) is 5.82 Å². The van der Waals surface area contributed by atoms with E-state index in [0.717, 1.165) is 0 Å². The van der Waals surface area contributed by atoms with Crippen LogP contribution in [0.1, 0.15) is 6.92 Å². The van der Waals surface area contributed by atoms with Gasteiger partial charge in [-0.05, 0) is 22.9 Å². The van der Waals surface area contributed by atoms with Gasteiger partial charge in [-0.25, -0.2) is 22.0 Å². The zero-order chi connectivity index (χ0) is 13.0. The minimum Gasteiger partial charge on any atom is -0.202 e. The van der Waals surface area contributed by atoms with Crippen LogP contribution in [0.25, 0.3) is 0 Å². The highest BCUT2D eigenvalue weighted by molar-refractivity contribution is 9.24. The standard InChI is InChI=1S/C6BrF5.C2H4Br2/c7-1-2(8)4(10)6(12)5(11)3(1)9;1-2(3)4/h;2H,1H3. The molecule has 0 aliphatic carbocycles. The molecule has 1 rings (SSSR count). The highest BCUT2D eigenvalue weighted by Gasteiger charge is 2.23.